The summed E-state index contributed by atoms with van der Waals surface area (Å²) >= 11 is 12.2. The Kier molecular flexibility index (Phi) is 6.10. The van der Waals surface area contributed by atoms with E-state index in [1.54, 1.807) is 0 Å². The lowest BCUT2D eigenvalue weighted by atomic mass is 10.0. The smallest absolute Gasteiger partial charge is 0.307 e. The van der Waals surface area contributed by atoms with Gasteiger partial charge < -0.3 is 10.2 Å². The van der Waals surface area contributed by atoms with E-state index in [-0.39, 0.29) is 43.8 Å². The molecule has 0 radical (unpaired) electrons. The SMILES string of the molecule is CS(C)(C)c1c(O)ccc(Cc2c(Cl)cc(CC(=O)O)c(F)c2Cl)c1F. The number of rotatable bonds is 5. The first-order chi connectivity index (χ1) is 11.9. The van der Waals surface area contributed by atoms with Gasteiger partial charge in [-0.3, -0.25) is 4.79 Å². The summed E-state index contributed by atoms with van der Waals surface area (Å²) in [5.41, 5.74) is 0.246. The predicted octanol–water partition coefficient (Wildman–Crippen LogP) is 5.25. The van der Waals surface area contributed by atoms with Crippen LogP contribution in [0.4, 0.5) is 8.78 Å². The minimum atomic E-state index is -1.56. The van der Waals surface area contributed by atoms with Crippen molar-refractivity contribution in [1.82, 2.24) is 0 Å². The molecule has 0 aromatic heterocycles. The summed E-state index contributed by atoms with van der Waals surface area (Å²) < 4.78 is 29.3. The number of hydrogen-bond acceptors (Lipinski definition) is 2. The fraction of sp³-hybridized carbons (Fsp3) is 0.278. The van der Waals surface area contributed by atoms with Crippen LogP contribution < -0.4 is 0 Å². The van der Waals surface area contributed by atoms with Crippen molar-refractivity contribution in [3.63, 3.8) is 0 Å². The van der Waals surface area contributed by atoms with Crippen LogP contribution in [0.25, 0.3) is 0 Å². The molecule has 0 atom stereocenters. The van der Waals surface area contributed by atoms with E-state index in [1.807, 2.05) is 18.8 Å². The number of aromatic hydroxyl groups is 1. The molecule has 0 fully saturated rings. The predicted molar refractivity (Wildman–Crippen MR) is 102 cm³/mol. The third-order valence-electron chi connectivity index (χ3n) is 3.81. The van der Waals surface area contributed by atoms with Gasteiger partial charge in [0.2, 0.25) is 0 Å². The van der Waals surface area contributed by atoms with E-state index in [1.165, 1.54) is 18.2 Å². The van der Waals surface area contributed by atoms with Gasteiger partial charge in [0.15, 0.2) is 0 Å². The lowest BCUT2D eigenvalue weighted by molar-refractivity contribution is -0.136. The highest BCUT2D eigenvalue weighted by Crippen LogP contribution is 2.52. The molecule has 2 rings (SSSR count). The Morgan fingerprint density at radius 1 is 1.12 bits per heavy atom. The Morgan fingerprint density at radius 2 is 1.73 bits per heavy atom. The molecule has 2 aromatic rings. The molecule has 0 bridgehead atoms. The van der Waals surface area contributed by atoms with Crippen molar-refractivity contribution in [3.05, 3.63) is 56.6 Å². The normalized spacial score (nSPS) is 12.3. The zero-order chi connectivity index (χ0) is 19.8. The molecular formula is C18H18Cl2F2O3S. The minimum absolute atomic E-state index is 0.0600. The van der Waals surface area contributed by atoms with E-state index < -0.39 is 34.1 Å². The molecular weight excluding hydrogens is 405 g/mol. The van der Waals surface area contributed by atoms with Crippen LogP contribution in [0.2, 0.25) is 10.0 Å². The number of phenols is 1. The lowest BCUT2D eigenvalue weighted by Crippen LogP contribution is -2.06. The molecule has 3 nitrogen and oxygen atoms in total. The van der Waals surface area contributed by atoms with Crippen molar-refractivity contribution < 1.29 is 23.8 Å². The summed E-state index contributed by atoms with van der Waals surface area (Å²) in [6.07, 6.45) is 4.88. The standard InChI is InChI=1S/C18H18Cl2F2O3S/c1-26(2,3)18-13(23)5-4-9(17(18)22)6-11-12(19)7-10(8-14(24)25)16(21)15(11)20/h4-5,7,23H,6,8H2,1-3H3,(H,24,25). The highest BCUT2D eigenvalue weighted by atomic mass is 35.5. The third kappa shape index (κ3) is 4.24. The summed E-state index contributed by atoms with van der Waals surface area (Å²) in [5, 5.41) is 18.6. The first-order valence-corrected chi connectivity index (χ1v) is 11.1. The molecule has 0 spiro atoms. The van der Waals surface area contributed by atoms with Crippen LogP contribution in [0.15, 0.2) is 23.1 Å². The first-order valence-electron chi connectivity index (χ1n) is 7.49. The number of carbonyl (C=O) groups is 1. The molecule has 2 N–H and O–H groups in total. The second-order valence-corrected chi connectivity index (χ2v) is 11.5. The number of hydrogen-bond donors (Lipinski definition) is 2. The van der Waals surface area contributed by atoms with Gasteiger partial charge in [0.1, 0.15) is 17.4 Å². The monoisotopic (exact) mass is 422 g/mol. The van der Waals surface area contributed by atoms with Gasteiger partial charge in [0.25, 0.3) is 0 Å². The van der Waals surface area contributed by atoms with Crippen LogP contribution in [0, 0.1) is 11.6 Å². The van der Waals surface area contributed by atoms with Gasteiger partial charge in [-0.25, -0.2) is 18.8 Å². The number of phenolic OH excluding ortho intramolecular Hbond substituents is 1. The first kappa shape index (κ1) is 20.8. The van der Waals surface area contributed by atoms with Crippen molar-refractivity contribution in [1.29, 1.82) is 0 Å². The van der Waals surface area contributed by atoms with E-state index in [9.17, 15) is 18.7 Å². The van der Waals surface area contributed by atoms with Gasteiger partial charge in [0.05, 0.1) is 16.3 Å². The van der Waals surface area contributed by atoms with Gasteiger partial charge in [-0.05, 0) is 42.0 Å². The Hall–Kier alpha value is -1.50. The van der Waals surface area contributed by atoms with Crippen molar-refractivity contribution >= 4 is 39.2 Å². The average molecular weight is 423 g/mol. The van der Waals surface area contributed by atoms with Crippen molar-refractivity contribution in [2.75, 3.05) is 18.8 Å². The largest absolute Gasteiger partial charge is 0.507 e. The highest BCUT2D eigenvalue weighted by molar-refractivity contribution is 8.32. The Morgan fingerprint density at radius 3 is 2.27 bits per heavy atom. The van der Waals surface area contributed by atoms with Gasteiger partial charge in [-0.1, -0.05) is 29.3 Å². The Bertz CT molecular complexity index is 880. The molecule has 26 heavy (non-hydrogen) atoms. The number of benzene rings is 2. The van der Waals surface area contributed by atoms with E-state index in [0.717, 1.165) is 0 Å². The molecule has 0 unspecified atom stereocenters. The average Bonchev–Trinajstić information content (AvgIpc) is 2.49. The summed E-state index contributed by atoms with van der Waals surface area (Å²) in [4.78, 5) is 11.0. The molecule has 0 saturated heterocycles. The number of aliphatic carboxylic acids is 1. The molecule has 2 aromatic carbocycles. The van der Waals surface area contributed by atoms with Gasteiger partial charge >= 0.3 is 5.97 Å². The second-order valence-electron chi connectivity index (χ2n) is 6.60. The Balaban J connectivity index is 2.53. The fourth-order valence-corrected chi connectivity index (χ4v) is 4.63. The van der Waals surface area contributed by atoms with Crippen molar-refractivity contribution in [2.24, 2.45) is 0 Å². The summed E-state index contributed by atoms with van der Waals surface area (Å²) in [5.74, 6) is -2.80. The zero-order valence-electron chi connectivity index (χ0n) is 14.4. The molecule has 142 valence electrons. The number of carboxylic acid groups (broad SMARTS) is 1. The van der Waals surface area contributed by atoms with E-state index in [2.05, 4.69) is 0 Å². The van der Waals surface area contributed by atoms with Crippen LogP contribution in [-0.4, -0.2) is 34.9 Å². The maximum absolute atomic E-state index is 14.9. The maximum atomic E-state index is 14.9. The molecule has 0 amide bonds. The third-order valence-corrected chi connectivity index (χ3v) is 6.15. The van der Waals surface area contributed by atoms with Crippen molar-refractivity contribution in [3.8, 4) is 5.75 Å². The quantitative estimate of drug-likeness (QED) is 0.646. The molecule has 0 aliphatic rings. The topological polar surface area (TPSA) is 57.5 Å². The summed E-state index contributed by atoms with van der Waals surface area (Å²) in [7, 11) is -1.56. The highest BCUT2D eigenvalue weighted by Gasteiger charge is 2.24. The van der Waals surface area contributed by atoms with Gasteiger partial charge in [0, 0.05) is 17.0 Å². The second kappa shape index (κ2) is 7.62. The van der Waals surface area contributed by atoms with Crippen LogP contribution in [-0.2, 0) is 17.6 Å². The lowest BCUT2D eigenvalue weighted by Gasteiger charge is -2.28. The zero-order valence-corrected chi connectivity index (χ0v) is 16.7. The van der Waals surface area contributed by atoms with E-state index in [0.29, 0.717) is 0 Å². The van der Waals surface area contributed by atoms with Crippen LogP contribution in [0.5, 0.6) is 5.75 Å². The molecule has 0 aliphatic heterocycles. The number of halogens is 4. The van der Waals surface area contributed by atoms with Crippen LogP contribution in [0.1, 0.15) is 16.7 Å². The van der Waals surface area contributed by atoms with Crippen LogP contribution >= 0.6 is 33.2 Å². The van der Waals surface area contributed by atoms with Crippen molar-refractivity contribution in [2.45, 2.75) is 17.7 Å². The van der Waals surface area contributed by atoms with Crippen LogP contribution in [0.3, 0.4) is 0 Å². The minimum Gasteiger partial charge on any atom is -0.507 e. The Labute approximate surface area is 161 Å². The maximum Gasteiger partial charge on any atom is 0.307 e. The van der Waals surface area contributed by atoms with E-state index in [4.69, 9.17) is 28.3 Å². The number of carboxylic acids is 1. The fourth-order valence-electron chi connectivity index (χ4n) is 2.63. The molecule has 0 aliphatic carbocycles. The van der Waals surface area contributed by atoms with Gasteiger partial charge in [-0.2, -0.15) is 0 Å². The van der Waals surface area contributed by atoms with Gasteiger partial charge in [-0.15, -0.1) is 0 Å². The summed E-state index contributed by atoms with van der Waals surface area (Å²) in [6.45, 7) is 0. The molecule has 8 heteroatoms. The molecule has 0 heterocycles. The molecule has 0 saturated carbocycles. The summed E-state index contributed by atoms with van der Waals surface area (Å²) in [6, 6.07) is 3.98. The van der Waals surface area contributed by atoms with E-state index >= 15 is 0 Å².